The van der Waals surface area contributed by atoms with Gasteiger partial charge in [-0.05, 0) is 29.6 Å². The molecule has 1 aromatic carbocycles. The summed E-state index contributed by atoms with van der Waals surface area (Å²) >= 11 is 1.29. The highest BCUT2D eigenvalue weighted by Crippen LogP contribution is 2.14. The third-order valence-electron chi connectivity index (χ3n) is 3.57. The summed E-state index contributed by atoms with van der Waals surface area (Å²) in [6.07, 6.45) is -0.0353. The quantitative estimate of drug-likeness (QED) is 0.561. The number of hydrogen-bond donors (Lipinski definition) is 3. The van der Waals surface area contributed by atoms with E-state index in [2.05, 4.69) is 16.2 Å². The van der Waals surface area contributed by atoms with E-state index in [4.69, 9.17) is 0 Å². The molecule has 1 heterocycles. The normalized spacial score (nSPS) is 11.1. The molecular formula is C17H20N4O5S2. The molecule has 0 radical (unpaired) electrons. The molecule has 150 valence electrons. The van der Waals surface area contributed by atoms with Gasteiger partial charge in [0.1, 0.15) is 0 Å². The van der Waals surface area contributed by atoms with Crippen molar-refractivity contribution in [3.63, 3.8) is 0 Å². The molecule has 0 aliphatic heterocycles. The fourth-order valence-electron chi connectivity index (χ4n) is 2.05. The van der Waals surface area contributed by atoms with Gasteiger partial charge in [0, 0.05) is 32.6 Å². The van der Waals surface area contributed by atoms with Crippen molar-refractivity contribution in [1.29, 1.82) is 0 Å². The van der Waals surface area contributed by atoms with Crippen LogP contribution in [0.5, 0.6) is 0 Å². The molecule has 9 nitrogen and oxygen atoms in total. The number of thiophene rings is 1. The Balaban J connectivity index is 1.83. The molecule has 3 N–H and O–H groups in total. The molecule has 1 aromatic heterocycles. The maximum Gasteiger partial charge on any atom is 0.269 e. The van der Waals surface area contributed by atoms with Gasteiger partial charge in [-0.1, -0.05) is 12.1 Å². The summed E-state index contributed by atoms with van der Waals surface area (Å²) in [6.45, 7) is 0.106. The minimum absolute atomic E-state index is 0.0345. The summed E-state index contributed by atoms with van der Waals surface area (Å²) in [4.78, 5) is 36.2. The highest BCUT2D eigenvalue weighted by Gasteiger charge is 2.19. The lowest BCUT2D eigenvalue weighted by atomic mass is 10.2. The van der Waals surface area contributed by atoms with Crippen molar-refractivity contribution in [1.82, 2.24) is 20.5 Å². The SMILES string of the molecule is CN(C)S(=O)(=O)c1cccc(C(=O)NNC(=O)CCNC(=O)c2cccs2)c1. The van der Waals surface area contributed by atoms with Crippen LogP contribution in [0.4, 0.5) is 0 Å². The number of carbonyl (C=O) groups excluding carboxylic acids is 3. The van der Waals surface area contributed by atoms with E-state index < -0.39 is 21.8 Å². The first-order chi connectivity index (χ1) is 13.2. The first-order valence-corrected chi connectivity index (χ1v) is 10.5. The molecule has 0 bridgehead atoms. The van der Waals surface area contributed by atoms with Crippen LogP contribution >= 0.6 is 11.3 Å². The van der Waals surface area contributed by atoms with Crippen LogP contribution < -0.4 is 16.2 Å². The predicted octanol–water partition coefficient (Wildman–Crippen LogP) is 0.579. The summed E-state index contributed by atoms with van der Waals surface area (Å²) in [7, 11) is -0.900. The molecule has 2 rings (SSSR count). The molecule has 3 amide bonds. The molecule has 2 aromatic rings. The molecule has 0 aliphatic carbocycles. The van der Waals surface area contributed by atoms with Gasteiger partial charge in [-0.25, -0.2) is 12.7 Å². The Morgan fingerprint density at radius 3 is 2.43 bits per heavy atom. The number of amides is 3. The maximum atomic E-state index is 12.1. The number of carbonyl (C=O) groups is 3. The second-order valence-corrected chi connectivity index (χ2v) is 8.90. The lowest BCUT2D eigenvalue weighted by Gasteiger charge is -2.12. The summed E-state index contributed by atoms with van der Waals surface area (Å²) in [5.74, 6) is -1.44. The molecular weight excluding hydrogens is 404 g/mol. The van der Waals surface area contributed by atoms with Crippen LogP contribution in [0.2, 0.25) is 0 Å². The Bertz CT molecular complexity index is 956. The Kier molecular flexibility index (Phi) is 7.26. The van der Waals surface area contributed by atoms with E-state index in [0.29, 0.717) is 4.88 Å². The number of sulfonamides is 1. The maximum absolute atomic E-state index is 12.1. The van der Waals surface area contributed by atoms with E-state index >= 15 is 0 Å². The molecule has 0 saturated carbocycles. The van der Waals surface area contributed by atoms with Gasteiger partial charge in [0.15, 0.2) is 0 Å². The minimum atomic E-state index is -3.68. The summed E-state index contributed by atoms with van der Waals surface area (Å²) in [5.41, 5.74) is 4.52. The molecule has 0 aliphatic rings. The zero-order valence-corrected chi connectivity index (χ0v) is 16.9. The summed E-state index contributed by atoms with van der Waals surface area (Å²) in [6, 6.07) is 8.88. The van der Waals surface area contributed by atoms with Crippen LogP contribution in [0.25, 0.3) is 0 Å². The largest absolute Gasteiger partial charge is 0.351 e. The van der Waals surface area contributed by atoms with Crippen molar-refractivity contribution in [2.45, 2.75) is 11.3 Å². The van der Waals surface area contributed by atoms with Gasteiger partial charge in [0.05, 0.1) is 9.77 Å². The van der Waals surface area contributed by atoms with Gasteiger partial charge in [-0.2, -0.15) is 0 Å². The van der Waals surface area contributed by atoms with Gasteiger partial charge in [0.2, 0.25) is 15.9 Å². The third-order valence-corrected chi connectivity index (χ3v) is 6.25. The van der Waals surface area contributed by atoms with Gasteiger partial charge >= 0.3 is 0 Å². The lowest BCUT2D eigenvalue weighted by molar-refractivity contribution is -0.121. The first-order valence-electron chi connectivity index (χ1n) is 8.15. The average Bonchev–Trinajstić information content (AvgIpc) is 3.21. The monoisotopic (exact) mass is 424 g/mol. The average molecular weight is 425 g/mol. The Labute approximate surface area is 166 Å². The van der Waals surface area contributed by atoms with Crippen molar-refractivity contribution in [3.05, 3.63) is 52.2 Å². The minimum Gasteiger partial charge on any atom is -0.351 e. The zero-order chi connectivity index (χ0) is 20.7. The van der Waals surface area contributed by atoms with Crippen molar-refractivity contribution in [2.24, 2.45) is 0 Å². The molecule has 0 atom stereocenters. The number of hydrogen-bond acceptors (Lipinski definition) is 6. The van der Waals surface area contributed by atoms with Crippen molar-refractivity contribution < 1.29 is 22.8 Å². The second-order valence-electron chi connectivity index (χ2n) is 5.80. The topological polar surface area (TPSA) is 125 Å². The highest BCUT2D eigenvalue weighted by atomic mass is 32.2. The van der Waals surface area contributed by atoms with Gasteiger partial charge in [0.25, 0.3) is 11.8 Å². The van der Waals surface area contributed by atoms with Crippen molar-refractivity contribution in [3.8, 4) is 0 Å². The molecule has 11 heteroatoms. The Morgan fingerprint density at radius 1 is 1.04 bits per heavy atom. The molecule has 28 heavy (non-hydrogen) atoms. The van der Waals surface area contributed by atoms with Crippen LogP contribution in [0.15, 0.2) is 46.7 Å². The van der Waals surface area contributed by atoms with E-state index in [1.54, 1.807) is 17.5 Å². The number of nitrogens with zero attached hydrogens (tertiary/aromatic N) is 1. The smallest absolute Gasteiger partial charge is 0.269 e. The first kappa shape index (κ1) is 21.5. The van der Waals surface area contributed by atoms with E-state index in [1.165, 1.54) is 49.7 Å². The second kappa shape index (κ2) is 9.44. The van der Waals surface area contributed by atoms with Gasteiger partial charge < -0.3 is 5.32 Å². The van der Waals surface area contributed by atoms with Gasteiger partial charge in [-0.3, -0.25) is 25.2 Å². The fraction of sp³-hybridized carbons (Fsp3) is 0.235. The van der Waals surface area contributed by atoms with E-state index in [0.717, 1.165) is 4.31 Å². The van der Waals surface area contributed by atoms with Gasteiger partial charge in [-0.15, -0.1) is 11.3 Å². The van der Waals surface area contributed by atoms with Crippen LogP contribution in [0.3, 0.4) is 0 Å². The lowest BCUT2D eigenvalue weighted by Crippen LogP contribution is -2.42. The van der Waals surface area contributed by atoms with Crippen molar-refractivity contribution in [2.75, 3.05) is 20.6 Å². The summed E-state index contributed by atoms with van der Waals surface area (Å²) < 4.78 is 25.3. The zero-order valence-electron chi connectivity index (χ0n) is 15.3. The third kappa shape index (κ3) is 5.62. The van der Waals surface area contributed by atoms with Crippen molar-refractivity contribution >= 4 is 39.1 Å². The van der Waals surface area contributed by atoms with Crippen LogP contribution in [0, 0.1) is 0 Å². The number of rotatable bonds is 7. The Morgan fingerprint density at radius 2 is 1.79 bits per heavy atom. The van der Waals surface area contributed by atoms with E-state index in [1.807, 2.05) is 0 Å². The molecule has 0 saturated heterocycles. The Hall–Kier alpha value is -2.76. The summed E-state index contributed by atoms with van der Waals surface area (Å²) in [5, 5.41) is 4.37. The van der Waals surface area contributed by atoms with Crippen LogP contribution in [0.1, 0.15) is 26.5 Å². The van der Waals surface area contributed by atoms with Crippen LogP contribution in [-0.2, 0) is 14.8 Å². The number of nitrogens with one attached hydrogen (secondary N) is 3. The molecule has 0 fully saturated rings. The van der Waals surface area contributed by atoms with Crippen LogP contribution in [-0.4, -0.2) is 51.1 Å². The van der Waals surface area contributed by atoms with E-state index in [-0.39, 0.29) is 29.3 Å². The molecule has 0 spiro atoms. The fourth-order valence-corrected chi connectivity index (χ4v) is 3.64. The van der Waals surface area contributed by atoms with E-state index in [9.17, 15) is 22.8 Å². The predicted molar refractivity (Wildman–Crippen MR) is 104 cm³/mol. The number of benzene rings is 1. The standard InChI is InChI=1S/C17H20N4O5S2/c1-21(2)28(25,26)13-6-3-5-12(11-13)16(23)20-19-15(22)8-9-18-17(24)14-7-4-10-27-14/h3-7,10-11H,8-9H2,1-2H3,(H,18,24)(H,19,22)(H,20,23). The highest BCUT2D eigenvalue weighted by molar-refractivity contribution is 7.89. The number of hydrazine groups is 1. The molecule has 0 unspecified atom stereocenters.